The van der Waals surface area contributed by atoms with Crippen molar-refractivity contribution in [1.29, 1.82) is 0 Å². The van der Waals surface area contributed by atoms with Gasteiger partial charge in [-0.15, -0.1) is 0 Å². The highest BCUT2D eigenvalue weighted by Crippen LogP contribution is 2.12. The van der Waals surface area contributed by atoms with Crippen LogP contribution in [0.3, 0.4) is 0 Å². The second-order valence-corrected chi connectivity index (χ2v) is 7.29. The van der Waals surface area contributed by atoms with E-state index in [9.17, 15) is 0 Å². The van der Waals surface area contributed by atoms with E-state index in [1.54, 1.807) is 0 Å². The van der Waals surface area contributed by atoms with Crippen molar-refractivity contribution in [3.63, 3.8) is 0 Å². The Labute approximate surface area is 57.3 Å². The highest BCUT2D eigenvalue weighted by molar-refractivity contribution is 6.71. The molecule has 54 valence electrons. The molecule has 1 heterocycles. The van der Waals surface area contributed by atoms with Gasteiger partial charge in [-0.1, -0.05) is 0 Å². The topological polar surface area (TPSA) is 18.5 Å². The van der Waals surface area contributed by atoms with Gasteiger partial charge in [0.05, 0.1) is 18.9 Å². The minimum Gasteiger partial charge on any atom is -0.412 e. The maximum Gasteiger partial charge on any atom is 0.212 e. The molecule has 2 nitrogen and oxygen atoms in total. The van der Waals surface area contributed by atoms with E-state index in [1.807, 2.05) is 6.92 Å². The molecule has 0 radical (unpaired) electrons. The molecule has 0 saturated carbocycles. The first-order valence-corrected chi connectivity index (χ1v) is 6.47. The van der Waals surface area contributed by atoms with E-state index < -0.39 is 8.32 Å². The highest BCUT2D eigenvalue weighted by atomic mass is 28.4. The molecule has 3 heteroatoms. The Hall–Kier alpha value is 0.137. The molecule has 1 saturated heterocycles. The standard InChI is InChI=1S/C6H14O2Si/c1-6-4-8-9(2,3)5-7-6/h6H,4-5H2,1-3H3. The Morgan fingerprint density at radius 2 is 2.11 bits per heavy atom. The molecule has 1 rings (SSSR count). The van der Waals surface area contributed by atoms with Crippen LogP contribution in [0.5, 0.6) is 0 Å². The molecular formula is C6H14O2Si. The third kappa shape index (κ3) is 2.08. The van der Waals surface area contributed by atoms with Crippen LogP contribution in [0.25, 0.3) is 0 Å². The maximum absolute atomic E-state index is 5.59. The largest absolute Gasteiger partial charge is 0.412 e. The van der Waals surface area contributed by atoms with Crippen molar-refractivity contribution in [2.45, 2.75) is 26.1 Å². The van der Waals surface area contributed by atoms with E-state index in [-0.39, 0.29) is 0 Å². The Morgan fingerprint density at radius 1 is 1.44 bits per heavy atom. The predicted molar refractivity (Wildman–Crippen MR) is 38.8 cm³/mol. The summed E-state index contributed by atoms with van der Waals surface area (Å²) in [5.74, 6) is 0. The summed E-state index contributed by atoms with van der Waals surface area (Å²) in [4.78, 5) is 0. The lowest BCUT2D eigenvalue weighted by atomic mass is 10.4. The minimum absolute atomic E-state index is 0.311. The number of hydrogen-bond acceptors (Lipinski definition) is 2. The fraction of sp³-hybridized carbons (Fsp3) is 1.00. The fourth-order valence-corrected chi connectivity index (χ4v) is 2.23. The molecule has 1 fully saturated rings. The molecular weight excluding hydrogens is 132 g/mol. The monoisotopic (exact) mass is 146 g/mol. The molecule has 1 unspecified atom stereocenters. The summed E-state index contributed by atoms with van der Waals surface area (Å²) in [5.41, 5.74) is 0. The van der Waals surface area contributed by atoms with Crippen molar-refractivity contribution >= 4 is 8.32 Å². The van der Waals surface area contributed by atoms with Crippen LogP contribution in [-0.4, -0.2) is 27.3 Å². The number of ether oxygens (including phenoxy) is 1. The lowest BCUT2D eigenvalue weighted by molar-refractivity contribution is 0.0132. The highest BCUT2D eigenvalue weighted by Gasteiger charge is 2.28. The third-order valence-electron chi connectivity index (χ3n) is 1.42. The maximum atomic E-state index is 5.59. The van der Waals surface area contributed by atoms with Gasteiger partial charge >= 0.3 is 0 Å². The zero-order valence-electron chi connectivity index (χ0n) is 6.31. The van der Waals surface area contributed by atoms with Gasteiger partial charge in [0, 0.05) is 0 Å². The zero-order valence-corrected chi connectivity index (χ0v) is 7.31. The lowest BCUT2D eigenvalue weighted by Crippen LogP contribution is -2.45. The fourth-order valence-electron chi connectivity index (χ4n) is 0.776. The van der Waals surface area contributed by atoms with Gasteiger partial charge in [-0.05, 0) is 20.0 Å². The molecule has 0 amide bonds. The molecule has 0 bridgehead atoms. The molecule has 0 aromatic rings. The Bertz CT molecular complexity index is 93.2. The molecule has 1 atom stereocenters. The molecule has 0 aromatic heterocycles. The van der Waals surface area contributed by atoms with Crippen molar-refractivity contribution < 1.29 is 9.16 Å². The van der Waals surface area contributed by atoms with Crippen LogP contribution in [-0.2, 0) is 9.16 Å². The SMILES string of the molecule is CC1CO[Si](C)(C)CO1. The van der Waals surface area contributed by atoms with Gasteiger partial charge in [0.25, 0.3) is 0 Å². The lowest BCUT2D eigenvalue weighted by Gasteiger charge is -2.31. The molecule has 0 aliphatic carbocycles. The van der Waals surface area contributed by atoms with Crippen LogP contribution in [0.1, 0.15) is 6.92 Å². The third-order valence-corrected chi connectivity index (χ3v) is 3.23. The summed E-state index contributed by atoms with van der Waals surface area (Å²) < 4.78 is 11.0. The van der Waals surface area contributed by atoms with Crippen molar-refractivity contribution in [3.8, 4) is 0 Å². The predicted octanol–water partition coefficient (Wildman–Crippen LogP) is 1.17. The molecule has 1 aliphatic rings. The number of rotatable bonds is 0. The normalized spacial score (nSPS) is 34.3. The summed E-state index contributed by atoms with van der Waals surface area (Å²) >= 11 is 0. The van der Waals surface area contributed by atoms with Crippen molar-refractivity contribution in [1.82, 2.24) is 0 Å². The Kier molecular flexibility index (Phi) is 1.93. The smallest absolute Gasteiger partial charge is 0.212 e. The first-order chi connectivity index (χ1) is 4.10. The average Bonchev–Trinajstić information content (AvgIpc) is 1.78. The summed E-state index contributed by atoms with van der Waals surface area (Å²) in [5, 5.41) is 0. The second kappa shape index (κ2) is 2.40. The van der Waals surface area contributed by atoms with Gasteiger partial charge in [0.1, 0.15) is 0 Å². The van der Waals surface area contributed by atoms with Crippen LogP contribution in [0.15, 0.2) is 0 Å². The van der Waals surface area contributed by atoms with Crippen LogP contribution in [0.2, 0.25) is 13.1 Å². The molecule has 9 heavy (non-hydrogen) atoms. The summed E-state index contributed by atoms with van der Waals surface area (Å²) in [7, 11) is -1.35. The van der Waals surface area contributed by atoms with Crippen LogP contribution in [0.4, 0.5) is 0 Å². The zero-order chi connectivity index (χ0) is 6.91. The molecule has 0 aromatic carbocycles. The van der Waals surface area contributed by atoms with Crippen molar-refractivity contribution in [3.05, 3.63) is 0 Å². The van der Waals surface area contributed by atoms with Gasteiger partial charge in [-0.2, -0.15) is 0 Å². The van der Waals surface area contributed by atoms with Gasteiger partial charge < -0.3 is 9.16 Å². The summed E-state index contributed by atoms with van der Waals surface area (Å²) in [6, 6.07) is 0. The summed E-state index contributed by atoms with van der Waals surface area (Å²) in [6.45, 7) is 7.20. The van der Waals surface area contributed by atoms with E-state index in [1.165, 1.54) is 0 Å². The van der Waals surface area contributed by atoms with E-state index in [2.05, 4.69) is 13.1 Å². The van der Waals surface area contributed by atoms with Gasteiger partial charge in [-0.25, -0.2) is 0 Å². The van der Waals surface area contributed by atoms with E-state index in [0.717, 1.165) is 12.8 Å². The van der Waals surface area contributed by atoms with Crippen LogP contribution < -0.4 is 0 Å². The Balaban J connectivity index is 2.35. The van der Waals surface area contributed by atoms with E-state index in [0.29, 0.717) is 6.10 Å². The molecule has 1 aliphatic heterocycles. The molecule has 0 spiro atoms. The van der Waals surface area contributed by atoms with Crippen molar-refractivity contribution in [2.75, 3.05) is 12.8 Å². The summed E-state index contributed by atoms with van der Waals surface area (Å²) in [6.07, 6.45) is 1.17. The Morgan fingerprint density at radius 3 is 2.44 bits per heavy atom. The van der Waals surface area contributed by atoms with Crippen LogP contribution in [0, 0.1) is 0 Å². The quantitative estimate of drug-likeness (QED) is 0.478. The van der Waals surface area contributed by atoms with Crippen molar-refractivity contribution in [2.24, 2.45) is 0 Å². The first kappa shape index (κ1) is 7.25. The van der Waals surface area contributed by atoms with Gasteiger partial charge in [-0.3, -0.25) is 0 Å². The van der Waals surface area contributed by atoms with E-state index in [4.69, 9.17) is 9.16 Å². The van der Waals surface area contributed by atoms with Gasteiger partial charge in [0.2, 0.25) is 8.32 Å². The second-order valence-electron chi connectivity index (χ2n) is 3.19. The number of hydrogen-bond donors (Lipinski definition) is 0. The van der Waals surface area contributed by atoms with E-state index >= 15 is 0 Å². The van der Waals surface area contributed by atoms with Gasteiger partial charge in [0.15, 0.2) is 0 Å². The minimum atomic E-state index is -1.35. The first-order valence-electron chi connectivity index (χ1n) is 3.36. The molecule has 0 N–H and O–H groups in total. The van der Waals surface area contributed by atoms with Crippen LogP contribution >= 0.6 is 0 Å². The average molecular weight is 146 g/mol.